The molecule has 0 radical (unpaired) electrons. The Morgan fingerprint density at radius 3 is 2.43 bits per heavy atom. The molecule has 1 aromatic heterocycles. The summed E-state index contributed by atoms with van der Waals surface area (Å²) in [5, 5.41) is 0. The van der Waals surface area contributed by atoms with Crippen LogP contribution in [0, 0.1) is 6.92 Å². The fraction of sp³-hybridized carbons (Fsp3) is 0.294. The van der Waals surface area contributed by atoms with Gasteiger partial charge in [-0.3, -0.25) is 9.59 Å². The standard InChI is InChI=1S/C17H20N2O2/c1-13(2)19(15-9-5-4-6-10-15)16(20)12-18-11-7-8-14(3)17(18)21/h4-11,13H,12H2,1-3H3. The first-order valence-corrected chi connectivity index (χ1v) is 7.04. The van der Waals surface area contributed by atoms with E-state index in [-0.39, 0.29) is 24.1 Å². The van der Waals surface area contributed by atoms with Gasteiger partial charge in [0.15, 0.2) is 0 Å². The number of pyridine rings is 1. The van der Waals surface area contributed by atoms with Crippen molar-refractivity contribution in [1.82, 2.24) is 4.57 Å². The highest BCUT2D eigenvalue weighted by Crippen LogP contribution is 2.17. The molecule has 0 bridgehead atoms. The van der Waals surface area contributed by atoms with Crippen LogP contribution in [0.4, 0.5) is 5.69 Å². The maximum atomic E-state index is 12.6. The minimum atomic E-state index is -0.123. The maximum Gasteiger partial charge on any atom is 0.253 e. The monoisotopic (exact) mass is 284 g/mol. The lowest BCUT2D eigenvalue weighted by Gasteiger charge is -2.27. The van der Waals surface area contributed by atoms with Gasteiger partial charge in [0.05, 0.1) is 0 Å². The highest BCUT2D eigenvalue weighted by molar-refractivity contribution is 5.93. The molecule has 0 N–H and O–H groups in total. The van der Waals surface area contributed by atoms with E-state index >= 15 is 0 Å². The zero-order valence-corrected chi connectivity index (χ0v) is 12.6. The van der Waals surface area contributed by atoms with Crippen molar-refractivity contribution < 1.29 is 4.79 Å². The van der Waals surface area contributed by atoms with Crippen molar-refractivity contribution in [3.05, 3.63) is 64.6 Å². The molecule has 1 heterocycles. The maximum absolute atomic E-state index is 12.6. The molecule has 0 atom stereocenters. The number of benzene rings is 1. The zero-order valence-electron chi connectivity index (χ0n) is 12.6. The van der Waals surface area contributed by atoms with Crippen LogP contribution in [0.1, 0.15) is 19.4 Å². The summed E-state index contributed by atoms with van der Waals surface area (Å²) < 4.78 is 1.45. The van der Waals surface area contributed by atoms with Gasteiger partial charge in [0.25, 0.3) is 5.56 Å². The fourth-order valence-corrected chi connectivity index (χ4v) is 2.32. The summed E-state index contributed by atoms with van der Waals surface area (Å²) in [5.74, 6) is -0.0936. The SMILES string of the molecule is Cc1cccn(CC(=O)N(c2ccccc2)C(C)C)c1=O. The molecular formula is C17H20N2O2. The Hall–Kier alpha value is -2.36. The molecule has 0 unspecified atom stereocenters. The first-order chi connectivity index (χ1) is 10.0. The average Bonchev–Trinajstić information content (AvgIpc) is 2.45. The van der Waals surface area contributed by atoms with E-state index in [9.17, 15) is 9.59 Å². The number of hydrogen-bond donors (Lipinski definition) is 0. The number of aromatic nitrogens is 1. The molecule has 2 rings (SSSR count). The number of carbonyl (C=O) groups is 1. The quantitative estimate of drug-likeness (QED) is 0.866. The predicted octanol–water partition coefficient (Wildman–Crippen LogP) is 2.60. The summed E-state index contributed by atoms with van der Waals surface area (Å²) in [7, 11) is 0. The largest absolute Gasteiger partial charge is 0.308 e. The van der Waals surface area contributed by atoms with Crippen LogP contribution < -0.4 is 10.5 Å². The molecule has 0 saturated heterocycles. The second-order valence-corrected chi connectivity index (χ2v) is 5.32. The van der Waals surface area contributed by atoms with Gasteiger partial charge < -0.3 is 9.47 Å². The molecule has 1 amide bonds. The van der Waals surface area contributed by atoms with Gasteiger partial charge in [-0.1, -0.05) is 24.3 Å². The molecule has 0 aliphatic heterocycles. The van der Waals surface area contributed by atoms with E-state index in [1.165, 1.54) is 4.57 Å². The Kier molecular flexibility index (Phi) is 4.58. The number of nitrogens with zero attached hydrogens (tertiary/aromatic N) is 2. The molecule has 1 aromatic carbocycles. The number of amides is 1. The van der Waals surface area contributed by atoms with Crippen LogP contribution >= 0.6 is 0 Å². The number of hydrogen-bond acceptors (Lipinski definition) is 2. The van der Waals surface area contributed by atoms with Gasteiger partial charge in [-0.05, 0) is 39.0 Å². The molecule has 4 nitrogen and oxygen atoms in total. The lowest BCUT2D eigenvalue weighted by molar-refractivity contribution is -0.119. The second-order valence-electron chi connectivity index (χ2n) is 5.32. The number of carbonyl (C=O) groups excluding carboxylic acids is 1. The van der Waals surface area contributed by atoms with Crippen LogP contribution in [0.3, 0.4) is 0 Å². The Morgan fingerprint density at radius 1 is 1.14 bits per heavy atom. The first-order valence-electron chi connectivity index (χ1n) is 7.04. The van der Waals surface area contributed by atoms with E-state index in [4.69, 9.17) is 0 Å². The molecule has 0 aliphatic carbocycles. The molecule has 21 heavy (non-hydrogen) atoms. The third-order valence-corrected chi connectivity index (χ3v) is 3.34. The lowest BCUT2D eigenvalue weighted by atomic mass is 10.2. The van der Waals surface area contributed by atoms with E-state index in [1.807, 2.05) is 44.2 Å². The topological polar surface area (TPSA) is 42.3 Å². The molecule has 0 aliphatic rings. The van der Waals surface area contributed by atoms with Crippen LogP contribution in [-0.4, -0.2) is 16.5 Å². The third kappa shape index (κ3) is 3.40. The van der Waals surface area contributed by atoms with Crippen molar-refractivity contribution in [2.45, 2.75) is 33.4 Å². The molecule has 0 fully saturated rings. The Labute approximate surface area is 124 Å². The number of rotatable bonds is 4. The Bertz CT molecular complexity index is 675. The van der Waals surface area contributed by atoms with Gasteiger partial charge in [-0.25, -0.2) is 0 Å². The van der Waals surface area contributed by atoms with E-state index in [0.717, 1.165) is 5.69 Å². The third-order valence-electron chi connectivity index (χ3n) is 3.34. The first kappa shape index (κ1) is 15.0. The summed E-state index contributed by atoms with van der Waals surface area (Å²) in [6.45, 7) is 5.72. The second kappa shape index (κ2) is 6.39. The van der Waals surface area contributed by atoms with E-state index in [0.29, 0.717) is 5.56 Å². The zero-order chi connectivity index (χ0) is 15.4. The van der Waals surface area contributed by atoms with Crippen molar-refractivity contribution in [2.75, 3.05) is 4.90 Å². The average molecular weight is 284 g/mol. The van der Waals surface area contributed by atoms with Gasteiger partial charge in [-0.2, -0.15) is 0 Å². The van der Waals surface area contributed by atoms with Crippen molar-refractivity contribution in [2.24, 2.45) is 0 Å². The van der Waals surface area contributed by atoms with Gasteiger partial charge in [0.1, 0.15) is 6.54 Å². The smallest absolute Gasteiger partial charge is 0.253 e. The Balaban J connectivity index is 2.28. The minimum absolute atomic E-state index is 0.0282. The molecular weight excluding hydrogens is 264 g/mol. The lowest BCUT2D eigenvalue weighted by Crippen LogP contribution is -2.41. The van der Waals surface area contributed by atoms with Crippen LogP contribution in [-0.2, 0) is 11.3 Å². The number of anilines is 1. The van der Waals surface area contributed by atoms with Crippen molar-refractivity contribution in [1.29, 1.82) is 0 Å². The number of para-hydroxylation sites is 1. The van der Waals surface area contributed by atoms with E-state index < -0.39 is 0 Å². The summed E-state index contributed by atoms with van der Waals surface area (Å²) in [5.41, 5.74) is 1.36. The molecule has 2 aromatic rings. The molecule has 0 spiro atoms. The van der Waals surface area contributed by atoms with Gasteiger partial charge >= 0.3 is 0 Å². The summed E-state index contributed by atoms with van der Waals surface area (Å²) in [6, 6.07) is 13.1. The summed E-state index contributed by atoms with van der Waals surface area (Å²) in [6.07, 6.45) is 1.65. The predicted molar refractivity (Wildman–Crippen MR) is 84.5 cm³/mol. The summed E-state index contributed by atoms with van der Waals surface area (Å²) in [4.78, 5) is 26.3. The Morgan fingerprint density at radius 2 is 1.81 bits per heavy atom. The normalized spacial score (nSPS) is 10.7. The van der Waals surface area contributed by atoms with E-state index in [2.05, 4.69) is 0 Å². The molecule has 110 valence electrons. The number of aryl methyl sites for hydroxylation is 1. The van der Waals surface area contributed by atoms with Crippen LogP contribution in [0.15, 0.2) is 53.5 Å². The fourth-order valence-electron chi connectivity index (χ4n) is 2.32. The van der Waals surface area contributed by atoms with Gasteiger partial charge in [0, 0.05) is 23.5 Å². The highest BCUT2D eigenvalue weighted by atomic mass is 16.2. The van der Waals surface area contributed by atoms with Crippen molar-refractivity contribution >= 4 is 11.6 Å². The summed E-state index contributed by atoms with van der Waals surface area (Å²) >= 11 is 0. The minimum Gasteiger partial charge on any atom is -0.308 e. The van der Waals surface area contributed by atoms with Crippen molar-refractivity contribution in [3.8, 4) is 0 Å². The van der Waals surface area contributed by atoms with Gasteiger partial charge in [0.2, 0.25) is 5.91 Å². The molecule has 0 saturated carbocycles. The van der Waals surface area contributed by atoms with Crippen LogP contribution in [0.5, 0.6) is 0 Å². The van der Waals surface area contributed by atoms with E-state index in [1.54, 1.807) is 30.2 Å². The van der Waals surface area contributed by atoms with Crippen molar-refractivity contribution in [3.63, 3.8) is 0 Å². The van der Waals surface area contributed by atoms with Gasteiger partial charge in [-0.15, -0.1) is 0 Å². The molecule has 4 heteroatoms. The van der Waals surface area contributed by atoms with Crippen LogP contribution in [0.25, 0.3) is 0 Å². The highest BCUT2D eigenvalue weighted by Gasteiger charge is 2.19. The van der Waals surface area contributed by atoms with Crippen LogP contribution in [0.2, 0.25) is 0 Å².